The van der Waals surface area contributed by atoms with Gasteiger partial charge in [-0.3, -0.25) is 0 Å². The summed E-state index contributed by atoms with van der Waals surface area (Å²) in [6.45, 7) is 0. The first kappa shape index (κ1) is 37.3. The molecule has 0 unspecified atom stereocenters. The molecule has 0 spiro atoms. The molecule has 1 N–H and O–H groups in total. The summed E-state index contributed by atoms with van der Waals surface area (Å²) >= 11 is 0. The van der Waals surface area contributed by atoms with Crippen molar-refractivity contribution in [2.45, 2.75) is 58.4 Å². The second-order valence-corrected chi connectivity index (χ2v) is 10.3. The number of halogens is 22. The largest absolute Gasteiger partial charge is 0.460 e. The number of hydrogen-bond acceptors (Lipinski definition) is 4. The highest BCUT2D eigenvalue weighted by molar-refractivity contribution is 8.05. The van der Waals surface area contributed by atoms with E-state index in [9.17, 15) is 113 Å². The van der Waals surface area contributed by atoms with E-state index in [0.717, 1.165) is 0 Å². The normalized spacial score (nSPS) is 17.0. The fraction of sp³-hybridized carbons (Fsp3) is 1.00. The van der Waals surface area contributed by atoms with Crippen LogP contribution in [0.5, 0.6) is 0 Å². The van der Waals surface area contributed by atoms with Gasteiger partial charge in [-0.05, 0) is 0 Å². The second-order valence-electron chi connectivity index (χ2n) is 6.57. The Balaban J connectivity index is 7.02. The Hall–Kier alpha value is -1.68. The first-order valence-corrected chi connectivity index (χ1v) is 10.6. The standard InChI is InChI=1S/C10HF22NO4S2/c11-1(12,3(15,16)7(23,24)25)2(13,14)5(19,20)9(29,30)38(34,35)33-39(36,37)10(31,32)6(21,22)4(17,18)8(26,27)28/h33H. The Labute approximate surface area is 197 Å². The molecule has 0 radical (unpaired) electrons. The van der Waals surface area contributed by atoms with Crippen molar-refractivity contribution in [2.75, 3.05) is 0 Å². The molecular weight excluding hydrogens is 680 g/mol. The van der Waals surface area contributed by atoms with Crippen LogP contribution >= 0.6 is 0 Å². The van der Waals surface area contributed by atoms with E-state index in [1.54, 1.807) is 0 Å². The van der Waals surface area contributed by atoms with E-state index in [2.05, 4.69) is 0 Å². The zero-order chi connectivity index (χ0) is 32.7. The molecule has 0 aliphatic carbocycles. The molecule has 29 heteroatoms. The molecule has 39 heavy (non-hydrogen) atoms. The average Bonchev–Trinajstić information content (AvgIpc) is 2.63. The maximum absolute atomic E-state index is 13.6. The fourth-order valence-electron chi connectivity index (χ4n) is 1.70. The van der Waals surface area contributed by atoms with Crippen LogP contribution in [0.2, 0.25) is 0 Å². The molecule has 236 valence electrons. The summed E-state index contributed by atoms with van der Waals surface area (Å²) in [5, 5.41) is -17.1. The number of hydrogen-bond donors (Lipinski definition) is 1. The van der Waals surface area contributed by atoms with Crippen molar-refractivity contribution in [2.24, 2.45) is 0 Å². The molecule has 0 aromatic rings. The van der Waals surface area contributed by atoms with Gasteiger partial charge in [-0.1, -0.05) is 4.13 Å². The van der Waals surface area contributed by atoms with Gasteiger partial charge >= 0.3 is 58.4 Å². The van der Waals surface area contributed by atoms with Crippen molar-refractivity contribution < 1.29 is 113 Å². The highest BCUT2D eigenvalue weighted by atomic mass is 32.3. The number of alkyl halides is 22. The summed E-state index contributed by atoms with van der Waals surface area (Å²) in [6, 6.07) is 0. The topological polar surface area (TPSA) is 80.3 Å². The quantitative estimate of drug-likeness (QED) is 0.316. The predicted molar refractivity (Wildman–Crippen MR) is 72.7 cm³/mol. The van der Waals surface area contributed by atoms with E-state index < -0.39 is 82.6 Å². The lowest BCUT2D eigenvalue weighted by molar-refractivity contribution is -0.433. The summed E-state index contributed by atoms with van der Waals surface area (Å²) in [7, 11) is -18.1. The van der Waals surface area contributed by atoms with Gasteiger partial charge in [-0.15, -0.1) is 0 Å². The summed E-state index contributed by atoms with van der Waals surface area (Å²) in [4.78, 5) is 0. The Morgan fingerprint density at radius 1 is 0.308 bits per heavy atom. The third-order valence-corrected chi connectivity index (χ3v) is 7.53. The molecular formula is C10HF22NO4S2. The molecule has 0 amide bonds. The number of sulfonamides is 2. The van der Waals surface area contributed by atoms with Gasteiger partial charge in [-0.25, -0.2) is 16.8 Å². The highest BCUT2D eigenvalue weighted by Gasteiger charge is 2.93. The van der Waals surface area contributed by atoms with Crippen LogP contribution in [0.4, 0.5) is 96.6 Å². The summed E-state index contributed by atoms with van der Waals surface area (Å²) < 4.78 is 324. The van der Waals surface area contributed by atoms with Crippen LogP contribution in [0.3, 0.4) is 0 Å². The molecule has 0 saturated heterocycles. The minimum atomic E-state index is -9.12. The van der Waals surface area contributed by atoms with Gasteiger partial charge in [0.25, 0.3) is 20.0 Å². The van der Waals surface area contributed by atoms with E-state index in [1.807, 2.05) is 0 Å². The van der Waals surface area contributed by atoms with Crippen LogP contribution in [0, 0.1) is 0 Å². The maximum Gasteiger partial charge on any atom is 0.460 e. The van der Waals surface area contributed by atoms with Crippen LogP contribution in [0.15, 0.2) is 0 Å². The fourth-order valence-corrected chi connectivity index (χ4v) is 4.63. The van der Waals surface area contributed by atoms with Crippen LogP contribution in [-0.2, 0) is 20.0 Å². The van der Waals surface area contributed by atoms with Gasteiger partial charge in [-0.2, -0.15) is 96.6 Å². The molecule has 0 fully saturated rings. The first-order chi connectivity index (χ1) is 16.2. The van der Waals surface area contributed by atoms with E-state index in [-0.39, 0.29) is 0 Å². The Bertz CT molecular complexity index is 1150. The monoisotopic (exact) mass is 681 g/mol. The van der Waals surface area contributed by atoms with Crippen molar-refractivity contribution in [3.05, 3.63) is 0 Å². The third kappa shape index (κ3) is 4.81. The molecule has 0 saturated carbocycles. The van der Waals surface area contributed by atoms with Gasteiger partial charge < -0.3 is 0 Å². The first-order valence-electron chi connectivity index (χ1n) is 7.64. The molecule has 0 atom stereocenters. The lowest BCUT2D eigenvalue weighted by Crippen LogP contribution is -2.72. The minimum Gasteiger partial charge on any atom is -0.205 e. The molecule has 0 bridgehead atoms. The number of nitrogens with one attached hydrogen (secondary N) is 1. The zero-order valence-corrected chi connectivity index (χ0v) is 17.9. The Kier molecular flexibility index (Phi) is 8.52. The van der Waals surface area contributed by atoms with E-state index in [1.165, 1.54) is 0 Å². The molecule has 5 nitrogen and oxygen atoms in total. The van der Waals surface area contributed by atoms with E-state index in [0.29, 0.717) is 0 Å². The highest BCUT2D eigenvalue weighted by Crippen LogP contribution is 2.61. The molecule has 0 aliphatic rings. The van der Waals surface area contributed by atoms with Crippen LogP contribution in [-0.4, -0.2) is 75.2 Å². The molecule has 0 heterocycles. The summed E-state index contributed by atoms with van der Waals surface area (Å²) in [6.07, 6.45) is -15.9. The van der Waals surface area contributed by atoms with Gasteiger partial charge in [0.2, 0.25) is 0 Å². The zero-order valence-electron chi connectivity index (χ0n) is 16.3. The molecule has 0 aliphatic heterocycles. The van der Waals surface area contributed by atoms with Crippen molar-refractivity contribution >= 4 is 20.0 Å². The Morgan fingerprint density at radius 3 is 0.718 bits per heavy atom. The van der Waals surface area contributed by atoms with Crippen molar-refractivity contribution in [1.82, 2.24) is 4.13 Å². The Morgan fingerprint density at radius 2 is 0.487 bits per heavy atom. The van der Waals surface area contributed by atoms with Crippen LogP contribution in [0.25, 0.3) is 0 Å². The second kappa shape index (κ2) is 8.91. The SMILES string of the molecule is O=S(=O)(NS(=O)(=O)C(F)(F)C(F)(F)C(F)(F)C(F)(F)C(F)(F)C(F)(F)F)C(F)(F)C(F)(F)C(F)(F)C(F)(F)F. The van der Waals surface area contributed by atoms with Gasteiger partial charge in [0, 0.05) is 0 Å². The lowest BCUT2D eigenvalue weighted by Gasteiger charge is -2.39. The van der Waals surface area contributed by atoms with Crippen molar-refractivity contribution in [3.8, 4) is 0 Å². The van der Waals surface area contributed by atoms with E-state index in [4.69, 9.17) is 0 Å². The molecule has 0 rings (SSSR count). The van der Waals surface area contributed by atoms with Gasteiger partial charge in [0.1, 0.15) is 0 Å². The van der Waals surface area contributed by atoms with Crippen molar-refractivity contribution in [3.63, 3.8) is 0 Å². The lowest BCUT2D eigenvalue weighted by atomic mass is 9.98. The predicted octanol–water partition coefficient (Wildman–Crippen LogP) is 5.36. The number of rotatable bonds is 10. The third-order valence-electron chi connectivity index (χ3n) is 3.91. The summed E-state index contributed by atoms with van der Waals surface area (Å²) in [5.41, 5.74) is 0. The minimum absolute atomic E-state index is 1.86. The average molecular weight is 681 g/mol. The van der Waals surface area contributed by atoms with Gasteiger partial charge in [0.05, 0.1) is 0 Å². The smallest absolute Gasteiger partial charge is 0.205 e. The van der Waals surface area contributed by atoms with Gasteiger partial charge in [0.15, 0.2) is 0 Å². The molecule has 0 aromatic heterocycles. The maximum atomic E-state index is 13.6. The van der Waals surface area contributed by atoms with Crippen molar-refractivity contribution in [1.29, 1.82) is 0 Å². The molecule has 0 aromatic carbocycles. The van der Waals surface area contributed by atoms with Crippen LogP contribution in [0.1, 0.15) is 0 Å². The van der Waals surface area contributed by atoms with Crippen LogP contribution < -0.4 is 4.13 Å². The van der Waals surface area contributed by atoms with E-state index >= 15 is 0 Å². The summed E-state index contributed by atoms with van der Waals surface area (Å²) in [5.74, 6) is -52.1.